The summed E-state index contributed by atoms with van der Waals surface area (Å²) in [7, 11) is 3.39. The van der Waals surface area contributed by atoms with Crippen LogP contribution in [0.3, 0.4) is 0 Å². The standard InChI is InChI=1S/C22H24N2O4/c1-23-15-22(28-21(23)26)10-12-24(13-11-22)20(25)17-7-5-6-16(14-17)18-8-3-4-9-19(18)27-2/h3-9,14H,10-13,15H2,1-2H3. The summed E-state index contributed by atoms with van der Waals surface area (Å²) in [5, 5.41) is 0. The highest BCUT2D eigenvalue weighted by Crippen LogP contribution is 2.34. The predicted molar refractivity (Wildman–Crippen MR) is 105 cm³/mol. The Kier molecular flexibility index (Phi) is 4.71. The zero-order chi connectivity index (χ0) is 19.7. The van der Waals surface area contributed by atoms with Crippen molar-refractivity contribution in [1.82, 2.24) is 9.80 Å². The fraction of sp³-hybridized carbons (Fsp3) is 0.364. The summed E-state index contributed by atoms with van der Waals surface area (Å²) < 4.78 is 11.0. The number of hydrogen-bond donors (Lipinski definition) is 0. The fourth-order valence-electron chi connectivity index (χ4n) is 4.06. The summed E-state index contributed by atoms with van der Waals surface area (Å²) >= 11 is 0. The number of nitrogens with zero attached hydrogens (tertiary/aromatic N) is 2. The first kappa shape index (κ1) is 18.3. The maximum Gasteiger partial charge on any atom is 0.410 e. The number of rotatable bonds is 3. The van der Waals surface area contributed by atoms with Crippen molar-refractivity contribution in [3.05, 3.63) is 54.1 Å². The van der Waals surface area contributed by atoms with E-state index in [9.17, 15) is 9.59 Å². The molecule has 0 radical (unpaired) electrons. The summed E-state index contributed by atoms with van der Waals surface area (Å²) in [5.41, 5.74) is 2.11. The number of hydrogen-bond acceptors (Lipinski definition) is 4. The molecule has 2 fully saturated rings. The van der Waals surface area contributed by atoms with Crippen molar-refractivity contribution >= 4 is 12.0 Å². The second kappa shape index (κ2) is 7.19. The van der Waals surface area contributed by atoms with E-state index in [4.69, 9.17) is 9.47 Å². The Balaban J connectivity index is 1.50. The first-order chi connectivity index (χ1) is 13.5. The molecule has 1 spiro atoms. The van der Waals surface area contributed by atoms with Gasteiger partial charge in [0.15, 0.2) is 0 Å². The van der Waals surface area contributed by atoms with Crippen LogP contribution in [0, 0.1) is 0 Å². The Morgan fingerprint density at radius 2 is 1.86 bits per heavy atom. The van der Waals surface area contributed by atoms with Crippen LogP contribution in [0.1, 0.15) is 23.2 Å². The maximum absolute atomic E-state index is 13.0. The Labute approximate surface area is 164 Å². The molecular formula is C22H24N2O4. The van der Waals surface area contributed by atoms with Crippen molar-refractivity contribution in [1.29, 1.82) is 0 Å². The molecule has 2 aliphatic rings. The lowest BCUT2D eigenvalue weighted by atomic mass is 9.91. The van der Waals surface area contributed by atoms with E-state index in [1.54, 1.807) is 19.1 Å². The lowest BCUT2D eigenvalue weighted by Gasteiger charge is -2.37. The van der Waals surface area contributed by atoms with Gasteiger partial charge in [-0.1, -0.05) is 30.3 Å². The Bertz CT molecular complexity index is 903. The van der Waals surface area contributed by atoms with Crippen LogP contribution in [-0.2, 0) is 4.74 Å². The number of piperidine rings is 1. The van der Waals surface area contributed by atoms with Crippen molar-refractivity contribution < 1.29 is 19.1 Å². The van der Waals surface area contributed by atoms with E-state index < -0.39 is 5.60 Å². The summed E-state index contributed by atoms with van der Waals surface area (Å²) in [6.45, 7) is 1.76. The first-order valence-corrected chi connectivity index (χ1v) is 9.48. The largest absolute Gasteiger partial charge is 0.496 e. The highest BCUT2D eigenvalue weighted by Gasteiger charge is 2.46. The molecule has 2 aliphatic heterocycles. The second-order valence-electron chi connectivity index (χ2n) is 7.48. The number of ether oxygens (including phenoxy) is 2. The second-order valence-corrected chi connectivity index (χ2v) is 7.48. The Morgan fingerprint density at radius 3 is 2.54 bits per heavy atom. The quantitative estimate of drug-likeness (QED) is 0.819. The van der Waals surface area contributed by atoms with Crippen LogP contribution < -0.4 is 4.74 Å². The van der Waals surface area contributed by atoms with Gasteiger partial charge in [-0.2, -0.15) is 0 Å². The van der Waals surface area contributed by atoms with Gasteiger partial charge in [-0.05, 0) is 23.8 Å². The van der Waals surface area contributed by atoms with Crippen molar-refractivity contribution in [2.75, 3.05) is 33.8 Å². The first-order valence-electron chi connectivity index (χ1n) is 9.48. The van der Waals surface area contributed by atoms with Gasteiger partial charge < -0.3 is 19.3 Å². The molecule has 0 aromatic heterocycles. The molecule has 0 unspecified atom stereocenters. The molecule has 0 N–H and O–H groups in total. The number of carbonyl (C=O) groups is 2. The molecule has 146 valence electrons. The van der Waals surface area contributed by atoms with Crippen molar-refractivity contribution in [3.63, 3.8) is 0 Å². The molecule has 2 aromatic carbocycles. The molecule has 2 aromatic rings. The van der Waals surface area contributed by atoms with Crippen molar-refractivity contribution in [3.8, 4) is 16.9 Å². The van der Waals surface area contributed by atoms with E-state index in [-0.39, 0.29) is 12.0 Å². The molecule has 0 saturated carbocycles. The topological polar surface area (TPSA) is 59.1 Å². The third-order valence-electron chi connectivity index (χ3n) is 5.63. The number of para-hydroxylation sites is 1. The highest BCUT2D eigenvalue weighted by atomic mass is 16.6. The van der Waals surface area contributed by atoms with Crippen LogP contribution >= 0.6 is 0 Å². The number of carbonyl (C=O) groups excluding carboxylic acids is 2. The normalized spacial score (nSPS) is 18.3. The van der Waals surface area contributed by atoms with E-state index in [2.05, 4.69) is 0 Å². The molecule has 6 heteroatoms. The smallest absolute Gasteiger partial charge is 0.410 e. The number of likely N-dealkylation sites (tertiary alicyclic amines) is 1. The van der Waals surface area contributed by atoms with Crippen molar-refractivity contribution in [2.24, 2.45) is 0 Å². The summed E-state index contributed by atoms with van der Waals surface area (Å²) in [6, 6.07) is 15.4. The van der Waals surface area contributed by atoms with Gasteiger partial charge >= 0.3 is 6.09 Å². The summed E-state index contributed by atoms with van der Waals surface area (Å²) in [6.07, 6.45) is 1.06. The van der Waals surface area contributed by atoms with Gasteiger partial charge in [-0.15, -0.1) is 0 Å². The van der Waals surface area contributed by atoms with Crippen LogP contribution in [0.4, 0.5) is 4.79 Å². The molecular weight excluding hydrogens is 356 g/mol. The summed E-state index contributed by atoms with van der Waals surface area (Å²) in [5.74, 6) is 0.781. The molecule has 2 saturated heterocycles. The van der Waals surface area contributed by atoms with Gasteiger partial charge in [0.1, 0.15) is 11.4 Å². The van der Waals surface area contributed by atoms with Gasteiger partial charge in [-0.25, -0.2) is 4.79 Å². The molecule has 4 rings (SSSR count). The van der Waals surface area contributed by atoms with Gasteiger partial charge in [-0.3, -0.25) is 4.79 Å². The molecule has 2 heterocycles. The predicted octanol–water partition coefficient (Wildman–Crippen LogP) is 3.42. The molecule has 2 amide bonds. The molecule has 0 bridgehead atoms. The zero-order valence-corrected chi connectivity index (χ0v) is 16.2. The van der Waals surface area contributed by atoms with Gasteiger partial charge in [0, 0.05) is 44.1 Å². The molecule has 28 heavy (non-hydrogen) atoms. The molecule has 6 nitrogen and oxygen atoms in total. The Morgan fingerprint density at radius 1 is 1.11 bits per heavy atom. The number of benzene rings is 2. The van der Waals surface area contributed by atoms with Gasteiger partial charge in [0.25, 0.3) is 5.91 Å². The SMILES string of the molecule is COc1ccccc1-c1cccc(C(=O)N2CCC3(CC2)CN(C)C(=O)O3)c1. The number of methoxy groups -OCH3 is 1. The number of amides is 2. The lowest BCUT2D eigenvalue weighted by molar-refractivity contribution is 0.00317. The maximum atomic E-state index is 13.0. The van der Waals surface area contributed by atoms with E-state index in [0.717, 1.165) is 16.9 Å². The van der Waals surface area contributed by atoms with Crippen LogP contribution in [0.25, 0.3) is 11.1 Å². The zero-order valence-electron chi connectivity index (χ0n) is 16.2. The minimum absolute atomic E-state index is 0.00396. The third-order valence-corrected chi connectivity index (χ3v) is 5.63. The van der Waals surface area contributed by atoms with Crippen LogP contribution in [0.15, 0.2) is 48.5 Å². The van der Waals surface area contributed by atoms with Gasteiger partial charge in [0.2, 0.25) is 0 Å². The van der Waals surface area contributed by atoms with Gasteiger partial charge in [0.05, 0.1) is 13.7 Å². The average molecular weight is 380 g/mol. The van der Waals surface area contributed by atoms with E-state index in [0.29, 0.717) is 38.0 Å². The molecule has 0 aliphatic carbocycles. The van der Waals surface area contributed by atoms with E-state index >= 15 is 0 Å². The van der Waals surface area contributed by atoms with E-state index in [1.165, 1.54) is 0 Å². The minimum atomic E-state index is -0.443. The Hall–Kier alpha value is -3.02. The molecule has 0 atom stereocenters. The fourth-order valence-corrected chi connectivity index (χ4v) is 4.06. The van der Waals surface area contributed by atoms with Crippen molar-refractivity contribution in [2.45, 2.75) is 18.4 Å². The third kappa shape index (κ3) is 3.30. The minimum Gasteiger partial charge on any atom is -0.496 e. The van der Waals surface area contributed by atoms with E-state index in [1.807, 2.05) is 53.4 Å². The summed E-state index contributed by atoms with van der Waals surface area (Å²) in [4.78, 5) is 28.2. The lowest BCUT2D eigenvalue weighted by Crippen LogP contribution is -2.48. The van der Waals surface area contributed by atoms with Crippen LogP contribution in [-0.4, -0.2) is 61.2 Å². The van der Waals surface area contributed by atoms with Crippen LogP contribution in [0.5, 0.6) is 5.75 Å². The highest BCUT2D eigenvalue weighted by molar-refractivity contribution is 5.95. The number of likely N-dealkylation sites (N-methyl/N-ethyl adjacent to an activating group) is 1. The van der Waals surface area contributed by atoms with Crippen LogP contribution in [0.2, 0.25) is 0 Å². The average Bonchev–Trinajstić information content (AvgIpc) is 3.01. The monoisotopic (exact) mass is 380 g/mol.